The third-order valence-electron chi connectivity index (χ3n) is 2.44. The fraction of sp³-hybridized carbons (Fsp3) is 0.308. The van der Waals surface area contributed by atoms with Crippen molar-refractivity contribution in [2.45, 2.75) is 20.0 Å². The van der Waals surface area contributed by atoms with Crippen molar-refractivity contribution in [2.24, 2.45) is 0 Å². The lowest BCUT2D eigenvalue weighted by Gasteiger charge is -2.07. The zero-order valence-electron chi connectivity index (χ0n) is 9.81. The van der Waals surface area contributed by atoms with E-state index >= 15 is 0 Å². The summed E-state index contributed by atoms with van der Waals surface area (Å²) in [5.41, 5.74) is 2.13. The monoisotopic (exact) mass is 311 g/mol. The molecule has 1 atom stereocenters. The van der Waals surface area contributed by atoms with Crippen LogP contribution in [0.1, 0.15) is 25.0 Å². The highest BCUT2D eigenvalue weighted by atomic mass is 79.9. The average molecular weight is 312 g/mol. The van der Waals surface area contributed by atoms with Crippen LogP contribution >= 0.6 is 27.3 Å². The van der Waals surface area contributed by atoms with Gasteiger partial charge in [0.2, 0.25) is 0 Å². The number of halogens is 1. The zero-order chi connectivity index (χ0) is 12.3. The van der Waals surface area contributed by atoms with Gasteiger partial charge in [0.15, 0.2) is 0 Å². The van der Waals surface area contributed by atoms with Gasteiger partial charge in [-0.25, -0.2) is 4.98 Å². The maximum atomic E-state index is 5.54. The number of ether oxygens (including phenoxy) is 1. The molecule has 4 heteroatoms. The number of thiazole rings is 1. The van der Waals surface area contributed by atoms with Gasteiger partial charge >= 0.3 is 0 Å². The molecule has 1 aromatic heterocycles. The molecule has 0 N–H and O–H groups in total. The van der Waals surface area contributed by atoms with E-state index in [4.69, 9.17) is 4.74 Å². The highest BCUT2D eigenvalue weighted by Crippen LogP contribution is 2.31. The maximum Gasteiger partial charge on any atom is 0.122 e. The summed E-state index contributed by atoms with van der Waals surface area (Å²) in [6.45, 7) is 4.75. The van der Waals surface area contributed by atoms with Crippen LogP contribution in [-0.2, 0) is 4.74 Å². The highest BCUT2D eigenvalue weighted by Gasteiger charge is 2.12. The Balaban J connectivity index is 2.27. The Morgan fingerprint density at radius 1 is 1.41 bits per heavy atom. The molecule has 0 amide bonds. The smallest absolute Gasteiger partial charge is 0.122 e. The van der Waals surface area contributed by atoms with Gasteiger partial charge in [-0.1, -0.05) is 34.1 Å². The lowest BCUT2D eigenvalue weighted by molar-refractivity contribution is 0.0762. The number of nitrogens with zero attached hydrogens (tertiary/aromatic N) is 1. The highest BCUT2D eigenvalue weighted by molar-refractivity contribution is 9.10. The maximum absolute atomic E-state index is 5.54. The van der Waals surface area contributed by atoms with Crippen LogP contribution in [0.2, 0.25) is 0 Å². The quantitative estimate of drug-likeness (QED) is 0.818. The SMILES string of the molecule is CCOC(C)c1nc(-c2ccccc2Br)cs1. The van der Waals surface area contributed by atoms with Crippen LogP contribution in [0, 0.1) is 0 Å². The van der Waals surface area contributed by atoms with Crippen molar-refractivity contribution < 1.29 is 4.74 Å². The fourth-order valence-corrected chi connectivity index (χ4v) is 2.90. The van der Waals surface area contributed by atoms with Gasteiger partial charge in [0.1, 0.15) is 11.1 Å². The van der Waals surface area contributed by atoms with E-state index < -0.39 is 0 Å². The van der Waals surface area contributed by atoms with Gasteiger partial charge < -0.3 is 4.74 Å². The number of rotatable bonds is 4. The minimum Gasteiger partial charge on any atom is -0.372 e. The number of hydrogen-bond donors (Lipinski definition) is 0. The van der Waals surface area contributed by atoms with E-state index in [1.807, 2.05) is 32.0 Å². The summed E-state index contributed by atoms with van der Waals surface area (Å²) in [6.07, 6.45) is 0.0706. The van der Waals surface area contributed by atoms with Crippen molar-refractivity contribution in [1.29, 1.82) is 0 Å². The second-order valence-electron chi connectivity index (χ2n) is 3.65. The normalized spacial score (nSPS) is 12.6. The molecule has 1 aromatic carbocycles. The summed E-state index contributed by atoms with van der Waals surface area (Å²) in [5, 5.41) is 3.10. The molecule has 0 saturated heterocycles. The first kappa shape index (κ1) is 12.7. The summed E-state index contributed by atoms with van der Waals surface area (Å²) < 4.78 is 6.61. The third-order valence-corrected chi connectivity index (χ3v) is 4.13. The van der Waals surface area contributed by atoms with Gasteiger partial charge in [-0.2, -0.15) is 0 Å². The molecular weight excluding hydrogens is 298 g/mol. The third kappa shape index (κ3) is 2.94. The lowest BCUT2D eigenvalue weighted by Crippen LogP contribution is -1.98. The number of hydrogen-bond acceptors (Lipinski definition) is 3. The van der Waals surface area contributed by atoms with Crippen molar-refractivity contribution in [3.8, 4) is 11.3 Å². The predicted octanol–water partition coefficient (Wildman–Crippen LogP) is 4.67. The molecule has 2 nitrogen and oxygen atoms in total. The average Bonchev–Trinajstić information content (AvgIpc) is 2.79. The second kappa shape index (κ2) is 5.76. The van der Waals surface area contributed by atoms with E-state index in [9.17, 15) is 0 Å². The van der Waals surface area contributed by atoms with E-state index in [2.05, 4.69) is 32.4 Å². The van der Waals surface area contributed by atoms with Gasteiger partial charge in [-0.3, -0.25) is 0 Å². The van der Waals surface area contributed by atoms with Crippen LogP contribution in [0.3, 0.4) is 0 Å². The first-order chi connectivity index (χ1) is 8.22. The number of aromatic nitrogens is 1. The Hall–Kier alpha value is -0.710. The minimum atomic E-state index is 0.0706. The van der Waals surface area contributed by atoms with Crippen LogP contribution in [0.25, 0.3) is 11.3 Å². The molecule has 2 aromatic rings. The van der Waals surface area contributed by atoms with Crippen molar-refractivity contribution in [2.75, 3.05) is 6.61 Å². The Kier molecular flexibility index (Phi) is 4.31. The molecule has 1 heterocycles. The molecule has 0 saturated carbocycles. The van der Waals surface area contributed by atoms with Crippen LogP contribution in [0.15, 0.2) is 34.1 Å². The molecule has 1 unspecified atom stereocenters. The molecule has 0 spiro atoms. The minimum absolute atomic E-state index is 0.0706. The molecule has 0 aliphatic heterocycles. The second-order valence-corrected chi connectivity index (χ2v) is 5.39. The predicted molar refractivity (Wildman–Crippen MR) is 75.3 cm³/mol. The van der Waals surface area contributed by atoms with E-state index in [1.54, 1.807) is 11.3 Å². The van der Waals surface area contributed by atoms with Crippen LogP contribution in [0.4, 0.5) is 0 Å². The van der Waals surface area contributed by atoms with Crippen LogP contribution < -0.4 is 0 Å². The Morgan fingerprint density at radius 3 is 2.88 bits per heavy atom. The van der Waals surface area contributed by atoms with Gasteiger partial charge in [0, 0.05) is 22.0 Å². The van der Waals surface area contributed by atoms with Crippen molar-refractivity contribution in [3.05, 3.63) is 39.1 Å². The van der Waals surface area contributed by atoms with Crippen molar-refractivity contribution >= 4 is 27.3 Å². The Bertz CT molecular complexity index is 498. The molecule has 0 radical (unpaired) electrons. The van der Waals surface area contributed by atoms with Crippen LogP contribution in [-0.4, -0.2) is 11.6 Å². The summed E-state index contributed by atoms with van der Waals surface area (Å²) >= 11 is 5.19. The van der Waals surface area contributed by atoms with E-state index in [1.165, 1.54) is 0 Å². The summed E-state index contributed by atoms with van der Waals surface area (Å²) in [6, 6.07) is 8.11. The van der Waals surface area contributed by atoms with Gasteiger partial charge in [0.05, 0.1) is 5.69 Å². The molecule has 0 fully saturated rings. The first-order valence-electron chi connectivity index (χ1n) is 5.54. The van der Waals surface area contributed by atoms with Crippen molar-refractivity contribution in [3.63, 3.8) is 0 Å². The summed E-state index contributed by atoms with van der Waals surface area (Å²) in [5.74, 6) is 0. The summed E-state index contributed by atoms with van der Waals surface area (Å²) in [7, 11) is 0. The largest absolute Gasteiger partial charge is 0.372 e. The molecule has 0 aliphatic carbocycles. The standard InChI is InChI=1S/C13H14BrNOS/c1-3-16-9(2)13-15-12(8-17-13)10-6-4-5-7-11(10)14/h4-9H,3H2,1-2H3. The molecule has 0 bridgehead atoms. The molecular formula is C13H14BrNOS. The molecule has 2 rings (SSSR count). The van der Waals surface area contributed by atoms with Crippen molar-refractivity contribution in [1.82, 2.24) is 4.98 Å². The first-order valence-corrected chi connectivity index (χ1v) is 7.21. The number of benzene rings is 1. The van der Waals surface area contributed by atoms with E-state index in [-0.39, 0.29) is 6.10 Å². The summed E-state index contributed by atoms with van der Waals surface area (Å²) in [4.78, 5) is 4.62. The Labute approximate surface area is 114 Å². The Morgan fingerprint density at radius 2 is 2.18 bits per heavy atom. The molecule has 90 valence electrons. The van der Waals surface area contributed by atoms with Gasteiger partial charge in [0.25, 0.3) is 0 Å². The van der Waals surface area contributed by atoms with E-state index in [0.717, 1.165) is 20.7 Å². The van der Waals surface area contributed by atoms with Gasteiger partial charge in [-0.15, -0.1) is 11.3 Å². The fourth-order valence-electron chi connectivity index (χ4n) is 1.59. The van der Waals surface area contributed by atoms with Crippen LogP contribution in [0.5, 0.6) is 0 Å². The molecule has 17 heavy (non-hydrogen) atoms. The van der Waals surface area contributed by atoms with E-state index in [0.29, 0.717) is 6.61 Å². The van der Waals surface area contributed by atoms with Gasteiger partial charge in [-0.05, 0) is 19.9 Å². The topological polar surface area (TPSA) is 22.1 Å². The zero-order valence-corrected chi connectivity index (χ0v) is 12.2. The molecule has 0 aliphatic rings. The lowest BCUT2D eigenvalue weighted by atomic mass is 10.2.